The Morgan fingerprint density at radius 3 is 2.86 bits per heavy atom. The Kier molecular flexibility index (Phi) is 4.01. The van der Waals surface area contributed by atoms with Crippen molar-refractivity contribution in [3.63, 3.8) is 0 Å². The third-order valence-corrected chi connectivity index (χ3v) is 2.93. The Morgan fingerprint density at radius 2 is 2.29 bits per heavy atom. The first-order valence-electron chi connectivity index (χ1n) is 6.28. The Labute approximate surface area is 120 Å². The fourth-order valence-corrected chi connectivity index (χ4v) is 1.90. The van der Waals surface area contributed by atoms with Crippen LogP contribution in [0.25, 0.3) is 0 Å². The molecule has 2 rings (SSSR count). The number of aryl methyl sites for hydroxylation is 1. The van der Waals surface area contributed by atoms with Crippen LogP contribution >= 0.6 is 0 Å². The van der Waals surface area contributed by atoms with E-state index in [-0.39, 0.29) is 12.3 Å². The number of imide groups is 1. The molecule has 1 N–H and O–H groups in total. The monoisotopic (exact) mass is 294 g/mol. The quantitative estimate of drug-likeness (QED) is 0.643. The van der Waals surface area contributed by atoms with Crippen molar-refractivity contribution in [3.05, 3.63) is 27.9 Å². The van der Waals surface area contributed by atoms with Crippen molar-refractivity contribution in [2.45, 2.75) is 20.0 Å². The molecule has 1 fully saturated rings. The van der Waals surface area contributed by atoms with Crippen LogP contribution in [0.1, 0.15) is 12.6 Å². The molecule has 1 atom stereocenters. The molecule has 9 heteroatoms. The van der Waals surface area contributed by atoms with Gasteiger partial charge in [0.2, 0.25) is 5.75 Å². The summed E-state index contributed by atoms with van der Waals surface area (Å²) >= 11 is 0. The van der Waals surface area contributed by atoms with Gasteiger partial charge in [-0.25, -0.2) is 4.79 Å². The number of ether oxygens (including phenoxy) is 1. The van der Waals surface area contributed by atoms with Crippen LogP contribution in [-0.4, -0.2) is 45.9 Å². The number of aromatic nitrogens is 1. The van der Waals surface area contributed by atoms with Crippen molar-refractivity contribution in [1.82, 2.24) is 15.2 Å². The summed E-state index contributed by atoms with van der Waals surface area (Å²) in [7, 11) is 0. The van der Waals surface area contributed by atoms with E-state index in [1.54, 1.807) is 13.0 Å². The van der Waals surface area contributed by atoms with E-state index >= 15 is 0 Å². The number of hydrogen-bond acceptors (Lipinski definition) is 6. The molecule has 0 aliphatic carbocycles. The minimum Gasteiger partial charge on any atom is -0.473 e. The van der Waals surface area contributed by atoms with Crippen molar-refractivity contribution < 1.29 is 19.2 Å². The lowest BCUT2D eigenvalue weighted by Gasteiger charge is -2.18. The number of nitrogens with one attached hydrogen (secondary N) is 1. The second-order valence-corrected chi connectivity index (χ2v) is 4.51. The predicted octanol–water partition coefficient (Wildman–Crippen LogP) is 0.617. The SMILES string of the molecule is Cc1ccc(O[C@@H](C)C(=O)N2CCNC2=O)c([N+](=O)[O-])n1. The highest BCUT2D eigenvalue weighted by Gasteiger charge is 2.32. The van der Waals surface area contributed by atoms with Gasteiger partial charge in [-0.1, -0.05) is 0 Å². The van der Waals surface area contributed by atoms with E-state index < -0.39 is 28.8 Å². The van der Waals surface area contributed by atoms with Gasteiger partial charge in [0.05, 0.1) is 0 Å². The number of nitro groups is 1. The Hall–Kier alpha value is -2.71. The van der Waals surface area contributed by atoms with Gasteiger partial charge in [0.1, 0.15) is 5.69 Å². The molecule has 2 heterocycles. The molecule has 0 unspecified atom stereocenters. The predicted molar refractivity (Wildman–Crippen MR) is 70.8 cm³/mol. The third kappa shape index (κ3) is 3.07. The highest BCUT2D eigenvalue weighted by molar-refractivity contribution is 5.97. The summed E-state index contributed by atoms with van der Waals surface area (Å²) in [5.41, 5.74) is 0.465. The van der Waals surface area contributed by atoms with E-state index in [0.717, 1.165) is 4.90 Å². The smallest absolute Gasteiger partial charge is 0.406 e. The minimum absolute atomic E-state index is 0.106. The number of pyridine rings is 1. The highest BCUT2D eigenvalue weighted by atomic mass is 16.6. The van der Waals surface area contributed by atoms with Gasteiger partial charge in [-0.05, 0) is 29.0 Å². The molecule has 21 heavy (non-hydrogen) atoms. The summed E-state index contributed by atoms with van der Waals surface area (Å²) < 4.78 is 5.31. The summed E-state index contributed by atoms with van der Waals surface area (Å²) in [5, 5.41) is 13.4. The fourth-order valence-electron chi connectivity index (χ4n) is 1.90. The average molecular weight is 294 g/mol. The van der Waals surface area contributed by atoms with Crippen molar-refractivity contribution in [2.24, 2.45) is 0 Å². The lowest BCUT2D eigenvalue weighted by Crippen LogP contribution is -2.42. The van der Waals surface area contributed by atoms with Gasteiger partial charge in [-0.15, -0.1) is 0 Å². The van der Waals surface area contributed by atoms with Crippen molar-refractivity contribution in [3.8, 4) is 5.75 Å². The highest BCUT2D eigenvalue weighted by Crippen LogP contribution is 2.25. The molecule has 1 aromatic rings. The summed E-state index contributed by atoms with van der Waals surface area (Å²) in [6.07, 6.45) is -1.03. The van der Waals surface area contributed by atoms with Crippen LogP contribution in [0.5, 0.6) is 5.75 Å². The maximum atomic E-state index is 12.1. The largest absolute Gasteiger partial charge is 0.473 e. The minimum atomic E-state index is -1.03. The molecule has 1 aliphatic heterocycles. The zero-order valence-corrected chi connectivity index (χ0v) is 11.5. The molecule has 112 valence electrons. The second kappa shape index (κ2) is 5.73. The lowest BCUT2D eigenvalue weighted by atomic mass is 10.3. The van der Waals surface area contributed by atoms with Crippen LogP contribution in [0.15, 0.2) is 12.1 Å². The number of hydrogen-bond donors (Lipinski definition) is 1. The molecule has 0 bridgehead atoms. The molecule has 0 saturated carbocycles. The number of amides is 3. The van der Waals surface area contributed by atoms with E-state index in [1.165, 1.54) is 13.0 Å². The topological polar surface area (TPSA) is 115 Å². The van der Waals surface area contributed by atoms with Crippen LogP contribution in [0.2, 0.25) is 0 Å². The summed E-state index contributed by atoms with van der Waals surface area (Å²) in [4.78, 5) is 38.5. The number of urea groups is 1. The van der Waals surface area contributed by atoms with Crippen molar-refractivity contribution in [2.75, 3.05) is 13.1 Å². The molecule has 0 spiro atoms. The summed E-state index contributed by atoms with van der Waals surface area (Å²) in [6, 6.07) is 2.43. The van der Waals surface area contributed by atoms with Gasteiger partial charge in [0, 0.05) is 20.0 Å². The van der Waals surface area contributed by atoms with Crippen LogP contribution in [0.3, 0.4) is 0 Å². The summed E-state index contributed by atoms with van der Waals surface area (Å²) in [6.45, 7) is 3.67. The van der Waals surface area contributed by atoms with Gasteiger partial charge < -0.3 is 20.2 Å². The Morgan fingerprint density at radius 1 is 1.57 bits per heavy atom. The Balaban J connectivity index is 2.16. The number of nitrogens with zero attached hydrogens (tertiary/aromatic N) is 3. The van der Waals surface area contributed by atoms with E-state index in [1.807, 2.05) is 0 Å². The average Bonchev–Trinajstić information content (AvgIpc) is 2.85. The first-order valence-corrected chi connectivity index (χ1v) is 6.28. The molecule has 0 radical (unpaired) electrons. The van der Waals surface area contributed by atoms with Crippen LogP contribution in [-0.2, 0) is 4.79 Å². The number of carbonyl (C=O) groups is 2. The van der Waals surface area contributed by atoms with Crippen molar-refractivity contribution in [1.29, 1.82) is 0 Å². The van der Waals surface area contributed by atoms with Gasteiger partial charge in [0.25, 0.3) is 5.91 Å². The molecule has 1 aromatic heterocycles. The second-order valence-electron chi connectivity index (χ2n) is 4.51. The maximum Gasteiger partial charge on any atom is 0.406 e. The zero-order valence-electron chi connectivity index (χ0n) is 11.5. The molecule has 9 nitrogen and oxygen atoms in total. The fraction of sp³-hybridized carbons (Fsp3) is 0.417. The molecular weight excluding hydrogens is 280 g/mol. The van der Waals surface area contributed by atoms with Crippen LogP contribution in [0.4, 0.5) is 10.6 Å². The molecule has 3 amide bonds. The van der Waals surface area contributed by atoms with Gasteiger partial charge in [0.15, 0.2) is 6.10 Å². The summed E-state index contributed by atoms with van der Waals surface area (Å²) in [5.74, 6) is -1.12. The van der Waals surface area contributed by atoms with Crippen LogP contribution < -0.4 is 10.1 Å². The lowest BCUT2D eigenvalue weighted by molar-refractivity contribution is -0.390. The maximum absolute atomic E-state index is 12.1. The van der Waals surface area contributed by atoms with Gasteiger partial charge >= 0.3 is 11.8 Å². The van der Waals surface area contributed by atoms with Crippen molar-refractivity contribution >= 4 is 17.8 Å². The number of rotatable bonds is 4. The third-order valence-electron chi connectivity index (χ3n) is 2.93. The van der Waals surface area contributed by atoms with E-state index in [9.17, 15) is 19.7 Å². The standard InChI is InChI=1S/C12H14N4O5/c1-7-3-4-9(10(14-7)16(19)20)21-8(2)11(17)15-6-5-13-12(15)18/h3-4,8H,5-6H2,1-2H3,(H,13,18)/t8-/m0/s1. The zero-order chi connectivity index (χ0) is 15.6. The molecule has 1 aliphatic rings. The van der Waals surface area contributed by atoms with Gasteiger partial charge in [-0.2, -0.15) is 0 Å². The van der Waals surface area contributed by atoms with E-state index in [2.05, 4.69) is 10.3 Å². The molecule has 1 saturated heterocycles. The number of carbonyl (C=O) groups excluding carboxylic acids is 2. The van der Waals surface area contributed by atoms with E-state index in [4.69, 9.17) is 4.74 Å². The first kappa shape index (κ1) is 14.7. The van der Waals surface area contributed by atoms with E-state index in [0.29, 0.717) is 12.2 Å². The van der Waals surface area contributed by atoms with Gasteiger partial charge in [-0.3, -0.25) is 9.69 Å². The molecule has 0 aromatic carbocycles. The first-order chi connectivity index (χ1) is 9.90. The van der Waals surface area contributed by atoms with Crippen LogP contribution in [0, 0.1) is 17.0 Å². The molecular formula is C12H14N4O5. The normalized spacial score (nSPS) is 15.5. The Bertz CT molecular complexity index is 603.